The highest BCUT2D eigenvalue weighted by atomic mass is 16.5. The molecule has 30 heavy (non-hydrogen) atoms. The van der Waals surface area contributed by atoms with E-state index < -0.39 is 5.60 Å². The molecule has 4 heteroatoms. The molecular formula is C26H37NO3. The molecule has 2 atom stereocenters. The molecule has 0 amide bonds. The van der Waals surface area contributed by atoms with Crippen LogP contribution in [0.2, 0.25) is 0 Å². The Morgan fingerprint density at radius 3 is 2.33 bits per heavy atom. The van der Waals surface area contributed by atoms with Crippen molar-refractivity contribution >= 4 is 0 Å². The first-order valence-electron chi connectivity index (χ1n) is 11.5. The van der Waals surface area contributed by atoms with Gasteiger partial charge in [0.25, 0.3) is 0 Å². The van der Waals surface area contributed by atoms with E-state index in [1.165, 1.54) is 5.56 Å². The molecule has 0 radical (unpaired) electrons. The van der Waals surface area contributed by atoms with Gasteiger partial charge in [-0.1, -0.05) is 68.7 Å². The number of rotatable bonds is 11. The molecule has 1 N–H and O–H groups in total. The molecule has 3 rings (SSSR count). The lowest BCUT2D eigenvalue weighted by Gasteiger charge is -2.41. The minimum atomic E-state index is -0.931. The van der Waals surface area contributed by atoms with E-state index in [0.29, 0.717) is 6.61 Å². The zero-order valence-corrected chi connectivity index (χ0v) is 18.6. The Balaban J connectivity index is 1.96. The molecule has 0 spiro atoms. The summed E-state index contributed by atoms with van der Waals surface area (Å²) >= 11 is 0. The van der Waals surface area contributed by atoms with Crippen molar-refractivity contribution in [2.75, 3.05) is 39.5 Å². The van der Waals surface area contributed by atoms with Crippen molar-refractivity contribution in [1.82, 2.24) is 4.90 Å². The van der Waals surface area contributed by atoms with Crippen LogP contribution in [0, 0.1) is 0 Å². The van der Waals surface area contributed by atoms with Gasteiger partial charge in [0.05, 0.1) is 25.4 Å². The Morgan fingerprint density at radius 1 is 1.00 bits per heavy atom. The van der Waals surface area contributed by atoms with E-state index in [0.717, 1.165) is 69.8 Å². The van der Waals surface area contributed by atoms with Crippen LogP contribution >= 0.6 is 0 Å². The van der Waals surface area contributed by atoms with Gasteiger partial charge in [-0.2, -0.15) is 0 Å². The van der Waals surface area contributed by atoms with Gasteiger partial charge < -0.3 is 14.6 Å². The van der Waals surface area contributed by atoms with Crippen molar-refractivity contribution in [2.45, 2.75) is 51.0 Å². The van der Waals surface area contributed by atoms with Gasteiger partial charge in [0, 0.05) is 25.6 Å². The van der Waals surface area contributed by atoms with Crippen molar-refractivity contribution in [3.63, 3.8) is 0 Å². The first-order chi connectivity index (χ1) is 14.7. The summed E-state index contributed by atoms with van der Waals surface area (Å²) in [4.78, 5) is 2.43. The van der Waals surface area contributed by atoms with E-state index in [4.69, 9.17) is 9.47 Å². The SMILES string of the molecule is CCCCC[C@@](O)(c1ccc(OCC)cc1)[C@@H](CN1CCOCC1)c1ccccc1. The molecule has 1 fully saturated rings. The zero-order valence-electron chi connectivity index (χ0n) is 18.6. The van der Waals surface area contributed by atoms with E-state index in [2.05, 4.69) is 36.1 Å². The van der Waals surface area contributed by atoms with Crippen LogP contribution in [0.1, 0.15) is 56.6 Å². The third kappa shape index (κ3) is 5.84. The summed E-state index contributed by atoms with van der Waals surface area (Å²) in [6.07, 6.45) is 4.02. The van der Waals surface area contributed by atoms with E-state index in [1.54, 1.807) is 0 Å². The maximum atomic E-state index is 12.3. The Kier molecular flexibility index (Phi) is 8.74. The van der Waals surface area contributed by atoms with E-state index in [9.17, 15) is 5.11 Å². The monoisotopic (exact) mass is 411 g/mol. The summed E-state index contributed by atoms with van der Waals surface area (Å²) in [6.45, 7) is 9.01. The Morgan fingerprint density at radius 2 is 1.70 bits per heavy atom. The summed E-state index contributed by atoms with van der Waals surface area (Å²) in [7, 11) is 0. The van der Waals surface area contributed by atoms with Crippen LogP contribution < -0.4 is 4.74 Å². The number of benzene rings is 2. The lowest BCUT2D eigenvalue weighted by molar-refractivity contribution is -0.0295. The fourth-order valence-electron chi connectivity index (χ4n) is 4.43. The first-order valence-corrected chi connectivity index (χ1v) is 11.5. The minimum Gasteiger partial charge on any atom is -0.494 e. The van der Waals surface area contributed by atoms with Crippen LogP contribution in [0.4, 0.5) is 0 Å². The summed E-state index contributed by atoms with van der Waals surface area (Å²) < 4.78 is 11.2. The highest BCUT2D eigenvalue weighted by Crippen LogP contribution is 2.42. The van der Waals surface area contributed by atoms with Crippen molar-refractivity contribution in [3.8, 4) is 5.75 Å². The predicted octanol–water partition coefficient (Wildman–Crippen LogP) is 4.97. The van der Waals surface area contributed by atoms with Crippen LogP contribution in [0.3, 0.4) is 0 Å². The van der Waals surface area contributed by atoms with E-state index >= 15 is 0 Å². The number of ether oxygens (including phenoxy) is 2. The predicted molar refractivity (Wildman–Crippen MR) is 122 cm³/mol. The van der Waals surface area contributed by atoms with Crippen LogP contribution in [0.25, 0.3) is 0 Å². The Bertz CT molecular complexity index is 728. The summed E-state index contributed by atoms with van der Waals surface area (Å²) in [5.74, 6) is 0.841. The second-order valence-electron chi connectivity index (χ2n) is 8.22. The highest BCUT2D eigenvalue weighted by molar-refractivity contribution is 5.35. The first kappa shape index (κ1) is 22.8. The van der Waals surface area contributed by atoms with Gasteiger partial charge in [0.2, 0.25) is 0 Å². The fourth-order valence-corrected chi connectivity index (χ4v) is 4.43. The maximum Gasteiger partial charge on any atom is 0.119 e. The molecule has 0 saturated carbocycles. The van der Waals surface area contributed by atoms with Crippen LogP contribution in [0.5, 0.6) is 5.75 Å². The molecule has 1 heterocycles. The Labute approximate surface area is 181 Å². The largest absolute Gasteiger partial charge is 0.494 e. The van der Waals surface area contributed by atoms with Crippen LogP contribution in [-0.4, -0.2) is 49.5 Å². The highest BCUT2D eigenvalue weighted by Gasteiger charge is 2.40. The van der Waals surface area contributed by atoms with Gasteiger partial charge in [-0.3, -0.25) is 4.90 Å². The van der Waals surface area contributed by atoms with Gasteiger partial charge in [0.1, 0.15) is 5.75 Å². The van der Waals surface area contributed by atoms with Crippen molar-refractivity contribution in [3.05, 3.63) is 65.7 Å². The van der Waals surface area contributed by atoms with Gasteiger partial charge in [-0.05, 0) is 36.6 Å². The normalized spacial score (nSPS) is 18.0. The lowest BCUT2D eigenvalue weighted by atomic mass is 9.74. The molecular weight excluding hydrogens is 374 g/mol. The molecule has 1 aliphatic heterocycles. The molecule has 0 unspecified atom stereocenters. The van der Waals surface area contributed by atoms with Gasteiger partial charge >= 0.3 is 0 Å². The topological polar surface area (TPSA) is 41.9 Å². The number of aliphatic hydroxyl groups is 1. The van der Waals surface area contributed by atoms with Crippen molar-refractivity contribution in [1.29, 1.82) is 0 Å². The number of morpholine rings is 1. The molecule has 2 aromatic carbocycles. The quantitative estimate of drug-likeness (QED) is 0.530. The smallest absolute Gasteiger partial charge is 0.119 e. The second kappa shape index (κ2) is 11.5. The van der Waals surface area contributed by atoms with Gasteiger partial charge in [-0.15, -0.1) is 0 Å². The maximum absolute atomic E-state index is 12.3. The molecule has 2 aromatic rings. The van der Waals surface area contributed by atoms with Gasteiger partial charge in [-0.25, -0.2) is 0 Å². The second-order valence-corrected chi connectivity index (χ2v) is 8.22. The van der Waals surface area contributed by atoms with Crippen LogP contribution in [-0.2, 0) is 10.3 Å². The van der Waals surface area contributed by atoms with Gasteiger partial charge in [0.15, 0.2) is 0 Å². The lowest BCUT2D eigenvalue weighted by Crippen LogP contribution is -2.45. The fraction of sp³-hybridized carbons (Fsp3) is 0.538. The van der Waals surface area contributed by atoms with Crippen molar-refractivity contribution in [2.24, 2.45) is 0 Å². The molecule has 1 saturated heterocycles. The summed E-state index contributed by atoms with van der Waals surface area (Å²) in [6, 6.07) is 18.6. The number of hydrogen-bond acceptors (Lipinski definition) is 4. The van der Waals surface area contributed by atoms with Crippen molar-refractivity contribution < 1.29 is 14.6 Å². The number of unbranched alkanes of at least 4 members (excludes halogenated alkanes) is 2. The third-order valence-electron chi connectivity index (χ3n) is 6.15. The summed E-state index contributed by atoms with van der Waals surface area (Å²) in [5, 5.41) is 12.3. The molecule has 0 bridgehead atoms. The average molecular weight is 412 g/mol. The number of nitrogens with zero attached hydrogens (tertiary/aromatic N) is 1. The Hall–Kier alpha value is -1.88. The van der Waals surface area contributed by atoms with E-state index in [-0.39, 0.29) is 5.92 Å². The third-order valence-corrected chi connectivity index (χ3v) is 6.15. The molecule has 0 aliphatic carbocycles. The molecule has 164 valence electrons. The molecule has 1 aliphatic rings. The average Bonchev–Trinajstić information content (AvgIpc) is 2.79. The summed E-state index contributed by atoms with van der Waals surface area (Å²) in [5.41, 5.74) is 1.24. The number of hydrogen-bond donors (Lipinski definition) is 1. The minimum absolute atomic E-state index is 0.00778. The molecule has 0 aromatic heterocycles. The van der Waals surface area contributed by atoms with Crippen LogP contribution in [0.15, 0.2) is 54.6 Å². The molecule has 4 nitrogen and oxygen atoms in total. The van der Waals surface area contributed by atoms with E-state index in [1.807, 2.05) is 37.3 Å². The zero-order chi connectivity index (χ0) is 21.2. The standard InChI is InChI=1S/C26H37NO3/c1-3-5-9-16-26(28,23-12-14-24(15-13-23)30-4-2)25(22-10-7-6-8-11-22)21-27-17-19-29-20-18-27/h6-8,10-15,25,28H,3-5,9,16-21H2,1-2H3/t25-,26+/m0/s1.